The van der Waals surface area contributed by atoms with Gasteiger partial charge in [-0.15, -0.1) is 0 Å². The lowest BCUT2D eigenvalue weighted by molar-refractivity contribution is 0.0299. The van der Waals surface area contributed by atoms with Crippen molar-refractivity contribution in [1.82, 2.24) is 9.55 Å². The molecule has 1 aliphatic heterocycles. The molecule has 4 nitrogen and oxygen atoms in total. The number of esters is 1. The average Bonchev–Trinajstić information content (AvgIpc) is 2.85. The number of fused-ring (bicyclic) bond motifs is 1. The summed E-state index contributed by atoms with van der Waals surface area (Å²) in [7, 11) is 0. The van der Waals surface area contributed by atoms with Crippen LogP contribution >= 0.6 is 11.8 Å². The van der Waals surface area contributed by atoms with Crippen LogP contribution in [0.3, 0.4) is 0 Å². The Hall–Kier alpha value is -1.82. The maximum Gasteiger partial charge on any atom is 0.341 e. The molecule has 2 heterocycles. The van der Waals surface area contributed by atoms with Crippen LogP contribution in [-0.2, 0) is 11.3 Å². The summed E-state index contributed by atoms with van der Waals surface area (Å²) in [6.07, 6.45) is 3.29. The van der Waals surface area contributed by atoms with Gasteiger partial charge < -0.3 is 9.30 Å². The minimum absolute atomic E-state index is 0.0166. The molecule has 0 N–H and O–H groups in total. The number of nitrogens with zero attached hydrogens (tertiary/aromatic N) is 2. The smallest absolute Gasteiger partial charge is 0.341 e. The average molecular weight is 292 g/mol. The lowest BCUT2D eigenvalue weighted by Gasteiger charge is -2.23. The van der Waals surface area contributed by atoms with Crippen LogP contribution in [0.15, 0.2) is 35.7 Å². The van der Waals surface area contributed by atoms with Crippen LogP contribution in [0.2, 0.25) is 0 Å². The zero-order valence-electron chi connectivity index (χ0n) is 10.9. The number of halogens is 1. The summed E-state index contributed by atoms with van der Waals surface area (Å²) in [5.74, 6) is -0.519. The Morgan fingerprint density at radius 3 is 3.20 bits per heavy atom. The highest BCUT2D eigenvalue weighted by Gasteiger charge is 2.24. The fourth-order valence-corrected chi connectivity index (χ4v) is 3.03. The summed E-state index contributed by atoms with van der Waals surface area (Å²) in [5.41, 5.74) is 0.757. The summed E-state index contributed by atoms with van der Waals surface area (Å²) >= 11 is 1.53. The van der Waals surface area contributed by atoms with Gasteiger partial charge in [-0.2, -0.15) is 0 Å². The molecule has 1 atom stereocenters. The Bertz CT molecular complexity index is 656. The molecule has 0 aliphatic carbocycles. The van der Waals surface area contributed by atoms with E-state index in [1.54, 1.807) is 19.2 Å². The van der Waals surface area contributed by atoms with Crippen LogP contribution in [0.25, 0.3) is 0 Å². The predicted molar refractivity (Wildman–Crippen MR) is 73.3 cm³/mol. The van der Waals surface area contributed by atoms with Gasteiger partial charge in [0.2, 0.25) is 0 Å². The molecule has 20 heavy (non-hydrogen) atoms. The maximum absolute atomic E-state index is 13.7. The highest BCUT2D eigenvalue weighted by molar-refractivity contribution is 7.99. The van der Waals surface area contributed by atoms with Crippen LogP contribution < -0.4 is 0 Å². The first-order valence-corrected chi connectivity index (χ1v) is 7.23. The van der Waals surface area contributed by atoms with Gasteiger partial charge in [-0.1, -0.05) is 17.8 Å². The highest BCUT2D eigenvalue weighted by atomic mass is 32.2. The van der Waals surface area contributed by atoms with Crippen LogP contribution in [0.4, 0.5) is 4.39 Å². The minimum Gasteiger partial charge on any atom is -0.456 e. The third-order valence-electron chi connectivity index (χ3n) is 3.09. The maximum atomic E-state index is 13.7. The van der Waals surface area contributed by atoms with Gasteiger partial charge in [0.1, 0.15) is 11.9 Å². The van der Waals surface area contributed by atoms with E-state index >= 15 is 0 Å². The van der Waals surface area contributed by atoms with Gasteiger partial charge >= 0.3 is 5.97 Å². The number of imidazole rings is 1. The van der Waals surface area contributed by atoms with Crippen molar-refractivity contribution in [2.75, 3.05) is 5.75 Å². The minimum atomic E-state index is -0.614. The fourth-order valence-electron chi connectivity index (χ4n) is 2.09. The van der Waals surface area contributed by atoms with Crippen molar-refractivity contribution in [1.29, 1.82) is 0 Å². The van der Waals surface area contributed by atoms with Crippen LogP contribution in [0.5, 0.6) is 0 Å². The normalized spacial score (nSPS) is 17.6. The fraction of sp³-hybridized carbons (Fsp3) is 0.286. The van der Waals surface area contributed by atoms with Crippen molar-refractivity contribution in [3.8, 4) is 0 Å². The largest absolute Gasteiger partial charge is 0.456 e. The van der Waals surface area contributed by atoms with Crippen molar-refractivity contribution in [3.05, 3.63) is 47.5 Å². The number of rotatable bonds is 2. The van der Waals surface area contributed by atoms with Crippen LogP contribution in [0.1, 0.15) is 15.9 Å². The molecular weight excluding hydrogens is 279 g/mol. The van der Waals surface area contributed by atoms with E-state index in [0.717, 1.165) is 10.7 Å². The number of thioether (sulfide) groups is 1. The first kappa shape index (κ1) is 13.2. The molecule has 0 spiro atoms. The number of hydrogen-bond acceptors (Lipinski definition) is 4. The van der Waals surface area contributed by atoms with Crippen molar-refractivity contribution in [3.63, 3.8) is 0 Å². The monoisotopic (exact) mass is 292 g/mol. The Balaban J connectivity index is 1.71. The summed E-state index contributed by atoms with van der Waals surface area (Å²) in [5, 5.41) is 0.916. The molecule has 0 fully saturated rings. The molecular formula is C14H13FN2O2S. The van der Waals surface area contributed by atoms with Gasteiger partial charge in [-0.25, -0.2) is 14.2 Å². The molecule has 104 valence electrons. The molecule has 0 radical (unpaired) electrons. The lowest BCUT2D eigenvalue weighted by Crippen LogP contribution is -2.29. The number of carbonyl (C=O) groups is 1. The van der Waals surface area contributed by atoms with E-state index in [-0.39, 0.29) is 11.7 Å². The van der Waals surface area contributed by atoms with Crippen LogP contribution in [-0.4, -0.2) is 27.4 Å². The lowest BCUT2D eigenvalue weighted by atomic mass is 10.1. The Labute approximate surface area is 120 Å². The summed E-state index contributed by atoms with van der Waals surface area (Å²) in [6.45, 7) is 2.33. The molecule has 1 unspecified atom stereocenters. The Kier molecular flexibility index (Phi) is 3.48. The quantitative estimate of drug-likeness (QED) is 0.798. The predicted octanol–water partition coefficient (Wildman–Crippen LogP) is 2.66. The van der Waals surface area contributed by atoms with Gasteiger partial charge in [0.25, 0.3) is 0 Å². The van der Waals surface area contributed by atoms with Gasteiger partial charge in [-0.05, 0) is 24.6 Å². The second-order valence-corrected chi connectivity index (χ2v) is 5.67. The van der Waals surface area contributed by atoms with E-state index < -0.39 is 11.8 Å². The molecule has 1 aromatic heterocycles. The third-order valence-corrected chi connectivity index (χ3v) is 4.23. The van der Waals surface area contributed by atoms with Crippen molar-refractivity contribution < 1.29 is 13.9 Å². The zero-order chi connectivity index (χ0) is 14.1. The Morgan fingerprint density at radius 1 is 1.55 bits per heavy atom. The number of aromatic nitrogens is 2. The van der Waals surface area contributed by atoms with Gasteiger partial charge in [-0.3, -0.25) is 0 Å². The summed E-state index contributed by atoms with van der Waals surface area (Å²) in [6, 6.07) is 4.50. The van der Waals surface area contributed by atoms with E-state index in [1.807, 2.05) is 10.8 Å². The third kappa shape index (κ3) is 2.56. The van der Waals surface area contributed by atoms with Gasteiger partial charge in [0.15, 0.2) is 5.16 Å². The second kappa shape index (κ2) is 5.28. The molecule has 0 bridgehead atoms. The van der Waals surface area contributed by atoms with Crippen molar-refractivity contribution in [2.45, 2.75) is 24.7 Å². The van der Waals surface area contributed by atoms with Gasteiger partial charge in [0.05, 0.1) is 12.1 Å². The standard InChI is InChI=1S/C14H13FN2O2S/c1-9-2-3-11(12(15)6-9)13(18)19-10-7-17-5-4-16-14(17)20-8-10/h2-6,10H,7-8H2,1H3. The second-order valence-electron chi connectivity index (χ2n) is 4.68. The molecule has 6 heteroatoms. The van der Waals surface area contributed by atoms with Crippen molar-refractivity contribution in [2.24, 2.45) is 0 Å². The van der Waals surface area contributed by atoms with E-state index in [0.29, 0.717) is 12.3 Å². The Morgan fingerprint density at radius 2 is 2.40 bits per heavy atom. The number of hydrogen-bond donors (Lipinski definition) is 0. The first-order valence-electron chi connectivity index (χ1n) is 6.24. The number of benzene rings is 1. The number of carbonyl (C=O) groups excluding carboxylic acids is 1. The number of ether oxygens (including phenoxy) is 1. The van der Waals surface area contributed by atoms with E-state index in [9.17, 15) is 9.18 Å². The first-order chi connectivity index (χ1) is 9.63. The zero-order valence-corrected chi connectivity index (χ0v) is 11.7. The highest BCUT2D eigenvalue weighted by Crippen LogP contribution is 2.25. The SMILES string of the molecule is Cc1ccc(C(=O)OC2CSc3nccn3C2)c(F)c1. The molecule has 1 aliphatic rings. The summed E-state index contributed by atoms with van der Waals surface area (Å²) in [4.78, 5) is 16.2. The molecule has 0 amide bonds. The van der Waals surface area contributed by atoms with Crippen molar-refractivity contribution >= 4 is 17.7 Å². The van der Waals surface area contributed by atoms with E-state index in [2.05, 4.69) is 4.98 Å². The summed E-state index contributed by atoms with van der Waals surface area (Å²) < 4.78 is 21.0. The topological polar surface area (TPSA) is 44.1 Å². The number of aryl methyl sites for hydroxylation is 1. The molecule has 1 aromatic carbocycles. The molecule has 3 rings (SSSR count). The molecule has 0 saturated heterocycles. The van der Waals surface area contributed by atoms with E-state index in [1.165, 1.54) is 23.9 Å². The van der Waals surface area contributed by atoms with Gasteiger partial charge in [0, 0.05) is 18.1 Å². The van der Waals surface area contributed by atoms with E-state index in [4.69, 9.17) is 4.74 Å². The molecule has 2 aromatic rings. The van der Waals surface area contributed by atoms with Crippen LogP contribution in [0, 0.1) is 12.7 Å². The molecule has 0 saturated carbocycles.